The van der Waals surface area contributed by atoms with Crippen molar-refractivity contribution in [2.75, 3.05) is 5.73 Å². The average Bonchev–Trinajstić information content (AvgIpc) is 2.73. The third-order valence-electron chi connectivity index (χ3n) is 2.48. The van der Waals surface area contributed by atoms with E-state index in [1.54, 1.807) is 18.6 Å². The van der Waals surface area contributed by atoms with E-state index in [9.17, 15) is 0 Å². The Labute approximate surface area is 92.4 Å². The van der Waals surface area contributed by atoms with Crippen LogP contribution < -0.4 is 5.73 Å². The van der Waals surface area contributed by atoms with E-state index in [1.165, 1.54) is 0 Å². The summed E-state index contributed by atoms with van der Waals surface area (Å²) in [7, 11) is 0. The highest BCUT2D eigenvalue weighted by atomic mass is 15.0. The summed E-state index contributed by atoms with van der Waals surface area (Å²) in [6.45, 7) is 0. The number of nitrogen functional groups attached to an aromatic ring is 1. The molecule has 0 bridgehead atoms. The van der Waals surface area contributed by atoms with Gasteiger partial charge in [-0.05, 0) is 24.3 Å². The van der Waals surface area contributed by atoms with E-state index in [1.807, 2.05) is 34.9 Å². The van der Waals surface area contributed by atoms with Crippen molar-refractivity contribution in [3.63, 3.8) is 0 Å². The van der Waals surface area contributed by atoms with Gasteiger partial charge in [0.25, 0.3) is 0 Å². The van der Waals surface area contributed by atoms with Crippen LogP contribution in [0.15, 0.2) is 49.1 Å². The molecule has 2 N–H and O–H groups in total. The highest BCUT2D eigenvalue weighted by Crippen LogP contribution is 2.19. The van der Waals surface area contributed by atoms with Gasteiger partial charge in [-0.2, -0.15) is 0 Å². The van der Waals surface area contributed by atoms with Gasteiger partial charge in [-0.1, -0.05) is 0 Å². The van der Waals surface area contributed by atoms with Crippen LogP contribution in [0.2, 0.25) is 0 Å². The molecular formula is C12H10N4. The van der Waals surface area contributed by atoms with Gasteiger partial charge in [0.15, 0.2) is 0 Å². The number of hydrogen-bond acceptors (Lipinski definition) is 3. The summed E-state index contributed by atoms with van der Waals surface area (Å²) in [6, 6.07) is 7.63. The number of fused-ring (bicyclic) bond motifs is 1. The van der Waals surface area contributed by atoms with E-state index >= 15 is 0 Å². The fraction of sp³-hybridized carbons (Fsp3) is 0. The predicted molar refractivity (Wildman–Crippen MR) is 62.8 cm³/mol. The molecule has 0 fully saturated rings. The van der Waals surface area contributed by atoms with Crippen LogP contribution in [0.25, 0.3) is 16.9 Å². The van der Waals surface area contributed by atoms with Crippen LogP contribution in [0, 0.1) is 0 Å². The van der Waals surface area contributed by atoms with Crippen molar-refractivity contribution in [3.05, 3.63) is 49.1 Å². The van der Waals surface area contributed by atoms with Crippen LogP contribution in [-0.4, -0.2) is 14.4 Å². The van der Waals surface area contributed by atoms with Crippen molar-refractivity contribution in [2.24, 2.45) is 0 Å². The third-order valence-corrected chi connectivity index (χ3v) is 2.48. The van der Waals surface area contributed by atoms with Gasteiger partial charge in [0.05, 0.1) is 11.7 Å². The maximum Gasteiger partial charge on any atom is 0.146 e. The average molecular weight is 210 g/mol. The van der Waals surface area contributed by atoms with E-state index < -0.39 is 0 Å². The van der Waals surface area contributed by atoms with Gasteiger partial charge in [-0.3, -0.25) is 9.38 Å². The second kappa shape index (κ2) is 3.34. The normalized spacial score (nSPS) is 10.8. The zero-order valence-electron chi connectivity index (χ0n) is 8.54. The first kappa shape index (κ1) is 8.91. The summed E-state index contributed by atoms with van der Waals surface area (Å²) >= 11 is 0. The zero-order chi connectivity index (χ0) is 11.0. The molecule has 4 nitrogen and oxygen atoms in total. The molecule has 3 rings (SSSR count). The smallest absolute Gasteiger partial charge is 0.146 e. The van der Waals surface area contributed by atoms with E-state index in [2.05, 4.69) is 9.97 Å². The predicted octanol–water partition coefficient (Wildman–Crippen LogP) is 1.98. The Morgan fingerprint density at radius 1 is 1.19 bits per heavy atom. The number of aromatic nitrogens is 3. The maximum atomic E-state index is 5.72. The molecule has 0 aliphatic carbocycles. The topological polar surface area (TPSA) is 56.2 Å². The lowest BCUT2D eigenvalue weighted by Gasteiger charge is -2.01. The highest BCUT2D eigenvalue weighted by Gasteiger charge is 2.05. The van der Waals surface area contributed by atoms with Crippen LogP contribution in [0.5, 0.6) is 0 Å². The molecule has 0 aromatic carbocycles. The standard InChI is InChI=1S/C12H10N4/c13-10-3-5-16-11(6-10)8-15-12(16)9-2-1-4-14-7-9/h1-8H,13H2. The minimum atomic E-state index is 0.741. The number of hydrogen-bond donors (Lipinski definition) is 1. The molecule has 0 radical (unpaired) electrons. The lowest BCUT2D eigenvalue weighted by atomic mass is 10.3. The minimum absolute atomic E-state index is 0.741. The molecule has 0 aliphatic heterocycles. The number of nitrogens with two attached hydrogens (primary N) is 1. The fourth-order valence-corrected chi connectivity index (χ4v) is 1.73. The molecule has 0 atom stereocenters. The molecular weight excluding hydrogens is 200 g/mol. The van der Waals surface area contributed by atoms with Gasteiger partial charge in [0.1, 0.15) is 5.82 Å². The molecule has 0 saturated carbocycles. The SMILES string of the molecule is Nc1ccn2c(-c3cccnc3)ncc2c1. The first-order valence-electron chi connectivity index (χ1n) is 4.97. The lowest BCUT2D eigenvalue weighted by Crippen LogP contribution is -1.91. The zero-order valence-corrected chi connectivity index (χ0v) is 8.54. The van der Waals surface area contributed by atoms with Crippen LogP contribution in [0.4, 0.5) is 5.69 Å². The number of anilines is 1. The van der Waals surface area contributed by atoms with Crippen LogP contribution in [0.1, 0.15) is 0 Å². The summed E-state index contributed by atoms with van der Waals surface area (Å²) in [5, 5.41) is 0. The number of rotatable bonds is 1. The molecule has 78 valence electrons. The lowest BCUT2D eigenvalue weighted by molar-refractivity contribution is 1.15. The molecule has 4 heteroatoms. The number of imidazole rings is 1. The third kappa shape index (κ3) is 1.32. The Morgan fingerprint density at radius 3 is 2.94 bits per heavy atom. The number of nitrogens with zero attached hydrogens (tertiary/aromatic N) is 3. The van der Waals surface area contributed by atoms with Gasteiger partial charge < -0.3 is 5.73 Å². The molecule has 0 amide bonds. The fourth-order valence-electron chi connectivity index (χ4n) is 1.73. The molecule has 3 aromatic rings. The molecule has 3 aromatic heterocycles. The van der Waals surface area contributed by atoms with Crippen LogP contribution in [0.3, 0.4) is 0 Å². The van der Waals surface area contributed by atoms with Crippen molar-refractivity contribution in [2.45, 2.75) is 0 Å². The van der Waals surface area contributed by atoms with Crippen molar-refractivity contribution in [1.29, 1.82) is 0 Å². The van der Waals surface area contributed by atoms with Crippen molar-refractivity contribution < 1.29 is 0 Å². The Bertz CT molecular complexity index is 628. The summed E-state index contributed by atoms with van der Waals surface area (Å²) < 4.78 is 1.99. The second-order valence-electron chi connectivity index (χ2n) is 3.58. The van der Waals surface area contributed by atoms with E-state index in [4.69, 9.17) is 5.73 Å². The first-order valence-corrected chi connectivity index (χ1v) is 4.97. The van der Waals surface area contributed by atoms with Crippen molar-refractivity contribution in [3.8, 4) is 11.4 Å². The van der Waals surface area contributed by atoms with Crippen molar-refractivity contribution >= 4 is 11.2 Å². The largest absolute Gasteiger partial charge is 0.399 e. The Kier molecular flexibility index (Phi) is 1.86. The molecule has 0 unspecified atom stereocenters. The van der Waals surface area contributed by atoms with Crippen LogP contribution in [-0.2, 0) is 0 Å². The van der Waals surface area contributed by atoms with Gasteiger partial charge in [-0.25, -0.2) is 4.98 Å². The highest BCUT2D eigenvalue weighted by molar-refractivity contribution is 5.64. The minimum Gasteiger partial charge on any atom is -0.399 e. The van der Waals surface area contributed by atoms with Gasteiger partial charge >= 0.3 is 0 Å². The first-order chi connectivity index (χ1) is 7.84. The number of pyridine rings is 2. The van der Waals surface area contributed by atoms with Gasteiger partial charge in [0.2, 0.25) is 0 Å². The van der Waals surface area contributed by atoms with E-state index in [-0.39, 0.29) is 0 Å². The molecule has 3 heterocycles. The molecule has 16 heavy (non-hydrogen) atoms. The Hall–Kier alpha value is -2.36. The quantitative estimate of drug-likeness (QED) is 0.668. The van der Waals surface area contributed by atoms with E-state index in [0.717, 1.165) is 22.6 Å². The van der Waals surface area contributed by atoms with Crippen LogP contribution >= 0.6 is 0 Å². The van der Waals surface area contributed by atoms with Crippen molar-refractivity contribution in [1.82, 2.24) is 14.4 Å². The summed E-state index contributed by atoms with van der Waals surface area (Å²) in [5.41, 5.74) is 8.44. The van der Waals surface area contributed by atoms with Gasteiger partial charge in [0, 0.05) is 29.8 Å². The molecule has 0 spiro atoms. The Morgan fingerprint density at radius 2 is 2.12 bits per heavy atom. The molecule has 0 saturated heterocycles. The Balaban J connectivity index is 2.26. The summed E-state index contributed by atoms with van der Waals surface area (Å²) in [5.74, 6) is 0.878. The summed E-state index contributed by atoms with van der Waals surface area (Å²) in [4.78, 5) is 8.46. The monoisotopic (exact) mass is 210 g/mol. The van der Waals surface area contributed by atoms with Gasteiger partial charge in [-0.15, -0.1) is 0 Å². The maximum absolute atomic E-state index is 5.72. The molecule has 0 aliphatic rings. The second-order valence-corrected chi connectivity index (χ2v) is 3.58. The summed E-state index contributed by atoms with van der Waals surface area (Å²) in [6.07, 6.45) is 7.26. The van der Waals surface area contributed by atoms with E-state index in [0.29, 0.717) is 0 Å².